The molecule has 1 aliphatic carbocycles. The lowest BCUT2D eigenvalue weighted by Crippen LogP contribution is -2.47. The maximum absolute atomic E-state index is 13.3. The van der Waals surface area contributed by atoms with E-state index in [0.717, 1.165) is 34.4 Å². The molecule has 0 radical (unpaired) electrons. The van der Waals surface area contributed by atoms with E-state index in [0.29, 0.717) is 24.5 Å². The number of imide groups is 1. The Balaban J connectivity index is 1.21. The molecule has 0 bridgehead atoms. The number of urea groups is 1. The number of benzene rings is 3. The van der Waals surface area contributed by atoms with Gasteiger partial charge >= 0.3 is 6.03 Å². The van der Waals surface area contributed by atoms with Crippen molar-refractivity contribution in [3.8, 4) is 5.75 Å². The first-order valence-corrected chi connectivity index (χ1v) is 11.3. The number of fused-ring (bicyclic) bond motifs is 2. The van der Waals surface area contributed by atoms with Crippen LogP contribution in [0.25, 0.3) is 0 Å². The maximum atomic E-state index is 13.3. The highest BCUT2D eigenvalue weighted by Crippen LogP contribution is 2.39. The zero-order chi connectivity index (χ0) is 23.5. The van der Waals surface area contributed by atoms with Gasteiger partial charge in [-0.2, -0.15) is 0 Å². The SMILES string of the molecule is O=C(CN1C(=O)N[C@@]2(CCCc3ccccc32)C1=O)Nc1ccc(OCc2ccccc2)cc1. The molecule has 1 aliphatic heterocycles. The summed E-state index contributed by atoms with van der Waals surface area (Å²) in [5.41, 5.74) is 2.43. The standard InChI is InChI=1S/C27H25N3O4/c31-24(28-21-12-14-22(15-13-21)34-18-19-7-2-1-3-8-19)17-30-25(32)27(29-26(30)33)16-6-10-20-9-4-5-11-23(20)27/h1-5,7-9,11-15H,6,10,16-18H2,(H,28,31)(H,29,33)/t27-/m1/s1. The van der Waals surface area contributed by atoms with Gasteiger partial charge in [0, 0.05) is 5.69 Å². The molecular formula is C27H25N3O4. The van der Waals surface area contributed by atoms with Crippen molar-refractivity contribution in [3.05, 3.63) is 95.6 Å². The fourth-order valence-corrected chi connectivity index (χ4v) is 4.67. The van der Waals surface area contributed by atoms with Crippen LogP contribution >= 0.6 is 0 Å². The number of hydrogen-bond acceptors (Lipinski definition) is 4. The summed E-state index contributed by atoms with van der Waals surface area (Å²) < 4.78 is 5.76. The van der Waals surface area contributed by atoms with Crippen LogP contribution < -0.4 is 15.4 Å². The van der Waals surface area contributed by atoms with Crippen LogP contribution in [-0.2, 0) is 28.2 Å². The minimum atomic E-state index is -1.08. The molecule has 7 nitrogen and oxygen atoms in total. The zero-order valence-electron chi connectivity index (χ0n) is 18.6. The van der Waals surface area contributed by atoms with E-state index in [1.807, 2.05) is 54.6 Å². The number of ether oxygens (including phenoxy) is 1. The molecule has 1 saturated heterocycles. The molecule has 1 spiro atoms. The highest BCUT2D eigenvalue weighted by molar-refractivity contribution is 6.10. The molecule has 0 aromatic heterocycles. The molecule has 0 saturated carbocycles. The highest BCUT2D eigenvalue weighted by atomic mass is 16.5. The van der Waals surface area contributed by atoms with E-state index in [-0.39, 0.29) is 12.5 Å². The van der Waals surface area contributed by atoms with Gasteiger partial charge < -0.3 is 15.4 Å². The van der Waals surface area contributed by atoms with Gasteiger partial charge in [-0.05, 0) is 60.2 Å². The van der Waals surface area contributed by atoms with Crippen LogP contribution in [0.2, 0.25) is 0 Å². The van der Waals surface area contributed by atoms with Crippen molar-refractivity contribution >= 4 is 23.5 Å². The van der Waals surface area contributed by atoms with Crippen molar-refractivity contribution in [1.29, 1.82) is 0 Å². The van der Waals surface area contributed by atoms with Crippen LogP contribution in [0.15, 0.2) is 78.9 Å². The molecule has 34 heavy (non-hydrogen) atoms. The summed E-state index contributed by atoms with van der Waals surface area (Å²) in [6.07, 6.45) is 2.19. The Morgan fingerprint density at radius 1 is 0.971 bits per heavy atom. The van der Waals surface area contributed by atoms with Gasteiger partial charge in [0.25, 0.3) is 5.91 Å². The number of nitrogens with zero attached hydrogens (tertiary/aromatic N) is 1. The quantitative estimate of drug-likeness (QED) is 0.551. The topological polar surface area (TPSA) is 87.7 Å². The van der Waals surface area contributed by atoms with Crippen LogP contribution in [-0.4, -0.2) is 29.3 Å². The van der Waals surface area contributed by atoms with Crippen molar-refractivity contribution in [2.24, 2.45) is 0 Å². The van der Waals surface area contributed by atoms with Crippen LogP contribution in [0.3, 0.4) is 0 Å². The molecule has 0 unspecified atom stereocenters. The Bertz CT molecular complexity index is 1230. The monoisotopic (exact) mass is 455 g/mol. The molecule has 4 amide bonds. The number of hydrogen-bond donors (Lipinski definition) is 2. The third-order valence-corrected chi connectivity index (χ3v) is 6.34. The largest absolute Gasteiger partial charge is 0.489 e. The van der Waals surface area contributed by atoms with Crippen LogP contribution in [0, 0.1) is 0 Å². The molecule has 1 fully saturated rings. The molecule has 2 aliphatic rings. The van der Waals surface area contributed by atoms with E-state index < -0.39 is 17.5 Å². The average Bonchev–Trinajstić information content (AvgIpc) is 3.09. The second-order valence-electron chi connectivity index (χ2n) is 8.58. The van der Waals surface area contributed by atoms with Crippen LogP contribution in [0.4, 0.5) is 10.5 Å². The second-order valence-corrected chi connectivity index (χ2v) is 8.58. The summed E-state index contributed by atoms with van der Waals surface area (Å²) in [6, 6.07) is 23.9. The van der Waals surface area contributed by atoms with E-state index in [4.69, 9.17) is 4.74 Å². The van der Waals surface area contributed by atoms with Crippen molar-refractivity contribution in [2.75, 3.05) is 11.9 Å². The Morgan fingerprint density at radius 3 is 2.50 bits per heavy atom. The molecule has 7 heteroatoms. The zero-order valence-corrected chi connectivity index (χ0v) is 18.6. The first kappa shape index (κ1) is 21.7. The number of carbonyl (C=O) groups is 3. The molecule has 3 aromatic rings. The maximum Gasteiger partial charge on any atom is 0.325 e. The van der Waals surface area contributed by atoms with Crippen LogP contribution in [0.1, 0.15) is 29.5 Å². The predicted octanol–water partition coefficient (Wildman–Crippen LogP) is 3.99. The molecule has 3 aromatic carbocycles. The minimum absolute atomic E-state index is 0.346. The van der Waals surface area contributed by atoms with E-state index in [1.165, 1.54) is 0 Å². The number of anilines is 1. The summed E-state index contributed by atoms with van der Waals surface area (Å²) in [5.74, 6) is -0.138. The van der Waals surface area contributed by atoms with Crippen molar-refractivity contribution in [2.45, 2.75) is 31.4 Å². The van der Waals surface area contributed by atoms with Crippen molar-refractivity contribution < 1.29 is 19.1 Å². The first-order valence-electron chi connectivity index (χ1n) is 11.3. The number of rotatable bonds is 6. The smallest absolute Gasteiger partial charge is 0.325 e. The molecular weight excluding hydrogens is 430 g/mol. The van der Waals surface area contributed by atoms with Gasteiger partial charge in [-0.1, -0.05) is 54.6 Å². The summed E-state index contributed by atoms with van der Waals surface area (Å²) in [6.45, 7) is 0.102. The normalized spacial score (nSPS) is 19.0. The van der Waals surface area contributed by atoms with E-state index >= 15 is 0 Å². The predicted molar refractivity (Wildman–Crippen MR) is 127 cm³/mol. The third-order valence-electron chi connectivity index (χ3n) is 6.34. The minimum Gasteiger partial charge on any atom is -0.489 e. The average molecular weight is 456 g/mol. The van der Waals surface area contributed by atoms with Crippen LogP contribution in [0.5, 0.6) is 5.75 Å². The van der Waals surface area contributed by atoms with E-state index in [1.54, 1.807) is 24.3 Å². The fraction of sp³-hybridized carbons (Fsp3) is 0.222. The third kappa shape index (κ3) is 4.12. The van der Waals surface area contributed by atoms with E-state index in [9.17, 15) is 14.4 Å². The molecule has 1 heterocycles. The summed E-state index contributed by atoms with van der Waals surface area (Å²) >= 11 is 0. The number of carbonyl (C=O) groups excluding carboxylic acids is 3. The number of aryl methyl sites for hydroxylation is 1. The fourth-order valence-electron chi connectivity index (χ4n) is 4.67. The van der Waals surface area contributed by atoms with Crippen molar-refractivity contribution in [1.82, 2.24) is 10.2 Å². The lowest BCUT2D eigenvalue weighted by molar-refractivity contribution is -0.134. The lowest BCUT2D eigenvalue weighted by atomic mass is 9.76. The Kier molecular flexibility index (Phi) is 5.76. The molecule has 1 atom stereocenters. The number of nitrogens with one attached hydrogen (secondary N) is 2. The van der Waals surface area contributed by atoms with Gasteiger partial charge in [-0.25, -0.2) is 4.79 Å². The van der Waals surface area contributed by atoms with Gasteiger partial charge in [0.15, 0.2) is 0 Å². The summed E-state index contributed by atoms with van der Waals surface area (Å²) in [4.78, 5) is 39.7. The Hall–Kier alpha value is -4.13. The van der Waals surface area contributed by atoms with Gasteiger partial charge in [-0.3, -0.25) is 14.5 Å². The molecule has 2 N–H and O–H groups in total. The highest BCUT2D eigenvalue weighted by Gasteiger charge is 2.54. The van der Waals surface area contributed by atoms with Gasteiger partial charge in [0.2, 0.25) is 5.91 Å². The molecule has 172 valence electrons. The second kappa shape index (κ2) is 9.02. The van der Waals surface area contributed by atoms with Gasteiger partial charge in [0.1, 0.15) is 24.4 Å². The van der Waals surface area contributed by atoms with E-state index in [2.05, 4.69) is 10.6 Å². The summed E-state index contributed by atoms with van der Waals surface area (Å²) in [7, 11) is 0. The van der Waals surface area contributed by atoms with Gasteiger partial charge in [0.05, 0.1) is 0 Å². The number of amides is 4. The Morgan fingerprint density at radius 2 is 1.71 bits per heavy atom. The summed E-state index contributed by atoms with van der Waals surface area (Å²) in [5, 5.41) is 5.62. The Labute approximate surface area is 197 Å². The first-order chi connectivity index (χ1) is 16.5. The molecule has 5 rings (SSSR count). The van der Waals surface area contributed by atoms with Crippen molar-refractivity contribution in [3.63, 3.8) is 0 Å². The lowest BCUT2D eigenvalue weighted by Gasteiger charge is -2.33. The van der Waals surface area contributed by atoms with Gasteiger partial charge in [-0.15, -0.1) is 0 Å².